The van der Waals surface area contributed by atoms with Crippen molar-refractivity contribution in [3.63, 3.8) is 0 Å². The lowest BCUT2D eigenvalue weighted by Gasteiger charge is -2.09. The van der Waals surface area contributed by atoms with Crippen molar-refractivity contribution in [2.75, 3.05) is 13.7 Å². The van der Waals surface area contributed by atoms with Crippen LogP contribution in [0.25, 0.3) is 17.0 Å². The number of aryl methyl sites for hydroxylation is 1. The zero-order chi connectivity index (χ0) is 19.4. The number of nitrogens with zero attached hydrogens (tertiary/aromatic N) is 1. The SMILES string of the molecule is CCOc1ccc(/C=C(/C#N)C(=O)c2c[nH]c3cccc(C)c23)cc1OC. The number of benzene rings is 2. The van der Waals surface area contributed by atoms with Gasteiger partial charge in [0.1, 0.15) is 11.6 Å². The van der Waals surface area contributed by atoms with Crippen molar-refractivity contribution in [1.82, 2.24) is 4.98 Å². The minimum atomic E-state index is -0.314. The fourth-order valence-corrected chi connectivity index (χ4v) is 3.06. The predicted octanol–water partition coefficient (Wildman–Crippen LogP) is 4.67. The zero-order valence-corrected chi connectivity index (χ0v) is 15.5. The normalized spacial score (nSPS) is 11.3. The molecule has 0 saturated heterocycles. The van der Waals surface area contributed by atoms with Crippen molar-refractivity contribution < 1.29 is 14.3 Å². The third kappa shape index (κ3) is 3.56. The summed E-state index contributed by atoms with van der Waals surface area (Å²) in [4.78, 5) is 16.1. The number of ether oxygens (including phenoxy) is 2. The highest BCUT2D eigenvalue weighted by molar-refractivity contribution is 6.20. The number of rotatable bonds is 6. The largest absolute Gasteiger partial charge is 0.493 e. The van der Waals surface area contributed by atoms with E-state index in [1.165, 1.54) is 0 Å². The van der Waals surface area contributed by atoms with Gasteiger partial charge in [-0.05, 0) is 49.2 Å². The van der Waals surface area contributed by atoms with Gasteiger partial charge in [0.05, 0.1) is 13.7 Å². The molecule has 1 heterocycles. The molecule has 3 aromatic rings. The number of aromatic nitrogens is 1. The van der Waals surface area contributed by atoms with Crippen LogP contribution in [0.5, 0.6) is 11.5 Å². The van der Waals surface area contributed by atoms with Crippen LogP contribution in [0.4, 0.5) is 0 Å². The Morgan fingerprint density at radius 2 is 2.07 bits per heavy atom. The van der Waals surface area contributed by atoms with Crippen LogP contribution < -0.4 is 9.47 Å². The number of allylic oxidation sites excluding steroid dienone is 1. The van der Waals surface area contributed by atoms with Crippen LogP contribution in [-0.4, -0.2) is 24.5 Å². The molecule has 1 aromatic heterocycles. The van der Waals surface area contributed by atoms with Gasteiger partial charge in [0.15, 0.2) is 11.5 Å². The highest BCUT2D eigenvalue weighted by Crippen LogP contribution is 2.30. The molecule has 3 rings (SSSR count). The van der Waals surface area contributed by atoms with Gasteiger partial charge in [-0.1, -0.05) is 18.2 Å². The Labute approximate surface area is 157 Å². The van der Waals surface area contributed by atoms with E-state index in [4.69, 9.17) is 9.47 Å². The zero-order valence-electron chi connectivity index (χ0n) is 15.5. The molecule has 0 aliphatic rings. The molecular formula is C22H20N2O3. The monoisotopic (exact) mass is 360 g/mol. The third-order valence-corrected chi connectivity index (χ3v) is 4.32. The first-order valence-corrected chi connectivity index (χ1v) is 8.63. The smallest absolute Gasteiger partial charge is 0.205 e. The summed E-state index contributed by atoms with van der Waals surface area (Å²) in [5.41, 5.74) is 3.10. The Balaban J connectivity index is 2.01. The van der Waals surface area contributed by atoms with Crippen LogP contribution in [0.15, 0.2) is 48.2 Å². The number of methoxy groups -OCH3 is 1. The van der Waals surface area contributed by atoms with Gasteiger partial charge in [0.2, 0.25) is 5.78 Å². The van der Waals surface area contributed by atoms with Crippen molar-refractivity contribution in [2.45, 2.75) is 13.8 Å². The van der Waals surface area contributed by atoms with Crippen LogP contribution in [0, 0.1) is 18.3 Å². The first-order valence-electron chi connectivity index (χ1n) is 8.63. The Bertz CT molecular complexity index is 1070. The van der Waals surface area contributed by atoms with Gasteiger partial charge >= 0.3 is 0 Å². The Kier molecular flexibility index (Phi) is 5.28. The first-order chi connectivity index (χ1) is 13.1. The molecule has 0 aliphatic carbocycles. The molecule has 0 radical (unpaired) electrons. The number of carbonyl (C=O) groups excluding carboxylic acids is 1. The van der Waals surface area contributed by atoms with Crippen LogP contribution in [0.2, 0.25) is 0 Å². The van der Waals surface area contributed by atoms with Crippen molar-refractivity contribution in [3.8, 4) is 17.6 Å². The van der Waals surface area contributed by atoms with Gasteiger partial charge in [-0.15, -0.1) is 0 Å². The van der Waals surface area contributed by atoms with E-state index in [0.29, 0.717) is 29.2 Å². The van der Waals surface area contributed by atoms with Crippen LogP contribution in [0.1, 0.15) is 28.4 Å². The second-order valence-corrected chi connectivity index (χ2v) is 6.04. The molecule has 0 amide bonds. The van der Waals surface area contributed by atoms with E-state index in [2.05, 4.69) is 4.98 Å². The molecule has 1 N–H and O–H groups in total. The molecule has 5 heteroatoms. The summed E-state index contributed by atoms with van der Waals surface area (Å²) in [7, 11) is 1.55. The van der Waals surface area contributed by atoms with Crippen LogP contribution in [0.3, 0.4) is 0 Å². The van der Waals surface area contributed by atoms with E-state index < -0.39 is 0 Å². The second-order valence-electron chi connectivity index (χ2n) is 6.04. The molecule has 2 aromatic carbocycles. The van der Waals surface area contributed by atoms with Gasteiger partial charge in [0, 0.05) is 22.7 Å². The number of carbonyl (C=O) groups is 1. The maximum absolute atomic E-state index is 13.0. The van der Waals surface area contributed by atoms with E-state index in [1.807, 2.05) is 38.1 Å². The highest BCUT2D eigenvalue weighted by Gasteiger charge is 2.18. The molecule has 0 saturated carbocycles. The Morgan fingerprint density at radius 1 is 1.26 bits per heavy atom. The summed E-state index contributed by atoms with van der Waals surface area (Å²) in [6.07, 6.45) is 3.22. The molecule has 0 spiro atoms. The number of hydrogen-bond donors (Lipinski definition) is 1. The standard InChI is InChI=1S/C22H20N2O3/c1-4-27-19-9-8-15(11-20(19)26-3)10-16(12-23)22(25)17-13-24-18-7-5-6-14(2)21(17)18/h5-11,13,24H,4H2,1-3H3/b16-10-. The fraction of sp³-hybridized carbons (Fsp3) is 0.182. The fourth-order valence-electron chi connectivity index (χ4n) is 3.06. The quantitative estimate of drug-likeness (QED) is 0.394. The molecule has 27 heavy (non-hydrogen) atoms. The molecule has 0 fully saturated rings. The summed E-state index contributed by atoms with van der Waals surface area (Å²) in [6.45, 7) is 4.36. The number of nitrogens with one attached hydrogen (secondary N) is 1. The number of Topliss-reactive ketones (excluding diaryl/α,β-unsaturated/α-hetero) is 1. The van der Waals surface area contributed by atoms with Crippen molar-refractivity contribution in [2.24, 2.45) is 0 Å². The minimum absolute atomic E-state index is 0.0605. The summed E-state index contributed by atoms with van der Waals surface area (Å²) < 4.78 is 10.8. The maximum Gasteiger partial charge on any atom is 0.205 e. The maximum atomic E-state index is 13.0. The number of ketones is 1. The summed E-state index contributed by atoms with van der Waals surface area (Å²) in [5, 5.41) is 10.4. The second kappa shape index (κ2) is 7.79. The lowest BCUT2D eigenvalue weighted by molar-refractivity contribution is 0.104. The van der Waals surface area contributed by atoms with E-state index in [0.717, 1.165) is 16.5 Å². The Morgan fingerprint density at radius 3 is 2.78 bits per heavy atom. The Hall–Kier alpha value is -3.52. The topological polar surface area (TPSA) is 75.1 Å². The summed E-state index contributed by atoms with van der Waals surface area (Å²) in [6, 6.07) is 13.1. The van der Waals surface area contributed by atoms with Gasteiger partial charge in [-0.3, -0.25) is 4.79 Å². The van der Waals surface area contributed by atoms with E-state index in [9.17, 15) is 10.1 Å². The van der Waals surface area contributed by atoms with Crippen LogP contribution in [-0.2, 0) is 0 Å². The molecule has 0 aliphatic heterocycles. The molecule has 5 nitrogen and oxygen atoms in total. The van der Waals surface area contributed by atoms with Gasteiger partial charge in [-0.2, -0.15) is 5.26 Å². The predicted molar refractivity (Wildman–Crippen MR) is 105 cm³/mol. The van der Waals surface area contributed by atoms with E-state index >= 15 is 0 Å². The first kappa shape index (κ1) is 18.3. The number of aromatic amines is 1. The van der Waals surface area contributed by atoms with E-state index in [1.54, 1.807) is 37.6 Å². The number of H-pyrrole nitrogens is 1. The molecule has 0 atom stereocenters. The lowest BCUT2D eigenvalue weighted by atomic mass is 9.99. The molecular weight excluding hydrogens is 340 g/mol. The van der Waals surface area contributed by atoms with Crippen molar-refractivity contribution in [3.05, 3.63) is 64.9 Å². The average molecular weight is 360 g/mol. The molecule has 0 unspecified atom stereocenters. The summed E-state index contributed by atoms with van der Waals surface area (Å²) >= 11 is 0. The molecule has 136 valence electrons. The van der Waals surface area contributed by atoms with Gasteiger partial charge in [-0.25, -0.2) is 0 Å². The van der Waals surface area contributed by atoms with Gasteiger partial charge < -0.3 is 14.5 Å². The van der Waals surface area contributed by atoms with Crippen molar-refractivity contribution in [1.29, 1.82) is 5.26 Å². The van der Waals surface area contributed by atoms with E-state index in [-0.39, 0.29) is 11.4 Å². The van der Waals surface area contributed by atoms with Gasteiger partial charge in [0.25, 0.3) is 0 Å². The summed E-state index contributed by atoms with van der Waals surface area (Å²) in [5.74, 6) is 0.860. The highest BCUT2D eigenvalue weighted by atomic mass is 16.5. The number of nitriles is 1. The number of fused-ring (bicyclic) bond motifs is 1. The molecule has 0 bridgehead atoms. The lowest BCUT2D eigenvalue weighted by Crippen LogP contribution is -2.02. The third-order valence-electron chi connectivity index (χ3n) is 4.32. The van der Waals surface area contributed by atoms with Crippen molar-refractivity contribution >= 4 is 22.8 Å². The number of hydrogen-bond acceptors (Lipinski definition) is 4. The average Bonchev–Trinajstić information content (AvgIpc) is 3.12. The minimum Gasteiger partial charge on any atom is -0.493 e. The van der Waals surface area contributed by atoms with Crippen LogP contribution >= 0.6 is 0 Å².